The Morgan fingerprint density at radius 2 is 2.00 bits per heavy atom. The highest BCUT2D eigenvalue weighted by Crippen LogP contribution is 2.32. The molecule has 1 saturated heterocycles. The number of halogens is 2. The minimum Gasteiger partial charge on any atom is -0.340 e. The molecular weight excluding hydrogens is 422 g/mol. The van der Waals surface area contributed by atoms with Crippen molar-refractivity contribution in [2.75, 3.05) is 0 Å². The van der Waals surface area contributed by atoms with E-state index >= 15 is 0 Å². The topological polar surface area (TPSA) is 35.5 Å². The molecule has 0 saturated carbocycles. The van der Waals surface area contributed by atoms with Crippen molar-refractivity contribution in [1.29, 1.82) is 0 Å². The Labute approximate surface area is 117 Å². The van der Waals surface area contributed by atoms with Gasteiger partial charge in [0.15, 0.2) is 11.6 Å². The van der Waals surface area contributed by atoms with Crippen LogP contribution in [0.15, 0.2) is 7.66 Å². The molecular formula is C10H14I2O3. The molecule has 0 aliphatic carbocycles. The summed E-state index contributed by atoms with van der Waals surface area (Å²) < 4.78 is 12.3. The van der Waals surface area contributed by atoms with Gasteiger partial charge in [-0.25, -0.2) is 0 Å². The summed E-state index contributed by atoms with van der Waals surface area (Å²) in [5, 5.41) is 0. The zero-order valence-corrected chi connectivity index (χ0v) is 13.2. The number of rotatable bonds is 3. The monoisotopic (exact) mass is 436 g/mol. The number of hydrogen-bond acceptors (Lipinski definition) is 3. The largest absolute Gasteiger partial charge is 0.340 e. The van der Waals surface area contributed by atoms with Gasteiger partial charge in [0.05, 0.1) is 1.59 Å². The molecule has 2 atom stereocenters. The third-order valence-corrected chi connectivity index (χ3v) is 2.80. The van der Waals surface area contributed by atoms with Crippen LogP contribution >= 0.6 is 45.2 Å². The van der Waals surface area contributed by atoms with Crippen molar-refractivity contribution in [2.24, 2.45) is 0 Å². The predicted octanol–water partition coefficient (Wildman–Crippen LogP) is 3.20. The van der Waals surface area contributed by atoms with Gasteiger partial charge in [0.1, 0.15) is 12.2 Å². The fourth-order valence-electron chi connectivity index (χ4n) is 1.49. The quantitative estimate of drug-likeness (QED) is 0.638. The van der Waals surface area contributed by atoms with Crippen LogP contribution in [0.5, 0.6) is 0 Å². The van der Waals surface area contributed by atoms with Gasteiger partial charge >= 0.3 is 0 Å². The van der Waals surface area contributed by atoms with E-state index in [1.807, 2.05) is 26.8 Å². The second-order valence-corrected chi connectivity index (χ2v) is 8.19. The van der Waals surface area contributed by atoms with Crippen molar-refractivity contribution in [3.8, 4) is 0 Å². The molecule has 0 aromatic carbocycles. The Bertz CT molecular complexity index is 282. The van der Waals surface area contributed by atoms with Gasteiger partial charge in [-0.15, -0.1) is 0 Å². The third kappa shape index (κ3) is 3.94. The molecule has 0 unspecified atom stereocenters. The molecule has 0 radical (unpaired) electrons. The lowest BCUT2D eigenvalue weighted by molar-refractivity contribution is -0.153. The number of Topliss-reactive ketones (excluding diaryl/α,β-unsaturated/α-hetero) is 1. The lowest BCUT2D eigenvalue weighted by Crippen LogP contribution is -2.30. The summed E-state index contributed by atoms with van der Waals surface area (Å²) in [7, 11) is 0. The molecule has 3 nitrogen and oxygen atoms in total. The van der Waals surface area contributed by atoms with Gasteiger partial charge in [-0.3, -0.25) is 4.79 Å². The van der Waals surface area contributed by atoms with Crippen molar-refractivity contribution in [2.45, 2.75) is 45.2 Å². The zero-order valence-electron chi connectivity index (χ0n) is 8.92. The summed E-state index contributed by atoms with van der Waals surface area (Å²) >= 11 is 4.38. The smallest absolute Gasteiger partial charge is 0.164 e. The van der Waals surface area contributed by atoms with Crippen LogP contribution < -0.4 is 0 Å². The van der Waals surface area contributed by atoms with Gasteiger partial charge in [-0.2, -0.15) is 0 Å². The predicted molar refractivity (Wildman–Crippen MR) is 75.2 cm³/mol. The van der Waals surface area contributed by atoms with Crippen LogP contribution in [-0.4, -0.2) is 23.8 Å². The summed E-state index contributed by atoms with van der Waals surface area (Å²) in [6.07, 6.45) is 1.70. The summed E-state index contributed by atoms with van der Waals surface area (Å²) in [5.74, 6) is -0.574. The minimum atomic E-state index is -0.667. The van der Waals surface area contributed by atoms with Crippen molar-refractivity contribution in [3.63, 3.8) is 0 Å². The van der Waals surface area contributed by atoms with Crippen LogP contribution in [-0.2, 0) is 14.3 Å². The van der Waals surface area contributed by atoms with Crippen molar-refractivity contribution in [1.82, 2.24) is 0 Å². The van der Waals surface area contributed by atoms with Gasteiger partial charge in [-0.05, 0) is 65.1 Å². The Balaban J connectivity index is 2.84. The number of carbonyl (C=O) groups excluding carboxylic acids is 1. The Morgan fingerprint density at radius 1 is 1.40 bits per heavy atom. The van der Waals surface area contributed by atoms with E-state index in [-0.39, 0.29) is 11.9 Å². The van der Waals surface area contributed by atoms with Gasteiger partial charge in [0.2, 0.25) is 0 Å². The Kier molecular flexibility index (Phi) is 5.00. The van der Waals surface area contributed by atoms with Crippen LogP contribution in [0, 0.1) is 0 Å². The normalized spacial score (nSPS) is 28.9. The van der Waals surface area contributed by atoms with E-state index in [1.54, 1.807) is 0 Å². The molecule has 15 heavy (non-hydrogen) atoms. The van der Waals surface area contributed by atoms with E-state index in [0.717, 1.165) is 1.59 Å². The fraction of sp³-hybridized carbons (Fsp3) is 0.700. The van der Waals surface area contributed by atoms with Gasteiger partial charge < -0.3 is 9.47 Å². The summed E-state index contributed by atoms with van der Waals surface area (Å²) in [5.41, 5.74) is 0. The molecule has 0 spiro atoms. The Morgan fingerprint density at radius 3 is 2.47 bits per heavy atom. The molecule has 1 heterocycles. The minimum absolute atomic E-state index is 0.0934. The standard InChI is InChI=1S/C10H14I2O3/c1-4-6(13)9-7(5-8(11)12)14-10(2,3)15-9/h5,7,9H,4H2,1-3H3/t7-,9+/m0/s1. The van der Waals surface area contributed by atoms with E-state index in [2.05, 4.69) is 45.2 Å². The number of carbonyl (C=O) groups is 1. The molecule has 86 valence electrons. The first-order chi connectivity index (χ1) is 6.85. The van der Waals surface area contributed by atoms with E-state index in [9.17, 15) is 4.79 Å². The second kappa shape index (κ2) is 5.42. The number of ketones is 1. The first kappa shape index (κ1) is 13.9. The van der Waals surface area contributed by atoms with Crippen LogP contribution in [0.4, 0.5) is 0 Å². The molecule has 1 rings (SSSR count). The highest BCUT2D eigenvalue weighted by Gasteiger charge is 2.43. The van der Waals surface area contributed by atoms with Crippen LogP contribution in [0.3, 0.4) is 0 Å². The first-order valence-electron chi connectivity index (χ1n) is 4.77. The fourth-order valence-corrected chi connectivity index (χ4v) is 2.19. The number of hydrogen-bond donors (Lipinski definition) is 0. The summed E-state index contributed by atoms with van der Waals surface area (Å²) in [4.78, 5) is 11.7. The molecule has 0 bridgehead atoms. The van der Waals surface area contributed by atoms with Crippen LogP contribution in [0.1, 0.15) is 27.2 Å². The van der Waals surface area contributed by atoms with Crippen molar-refractivity contribution in [3.05, 3.63) is 7.66 Å². The van der Waals surface area contributed by atoms with E-state index in [1.165, 1.54) is 0 Å². The molecule has 5 heteroatoms. The maximum Gasteiger partial charge on any atom is 0.164 e. The third-order valence-electron chi connectivity index (χ3n) is 2.09. The lowest BCUT2D eigenvalue weighted by Gasteiger charge is -2.15. The summed E-state index contributed by atoms with van der Waals surface area (Å²) in [6, 6.07) is 0. The molecule has 0 aromatic rings. The van der Waals surface area contributed by atoms with E-state index in [0.29, 0.717) is 6.42 Å². The van der Waals surface area contributed by atoms with Gasteiger partial charge in [-0.1, -0.05) is 6.92 Å². The highest BCUT2D eigenvalue weighted by molar-refractivity contribution is 14.2. The Hall–Kier alpha value is 0.790. The second-order valence-electron chi connectivity index (χ2n) is 3.80. The maximum atomic E-state index is 11.7. The van der Waals surface area contributed by atoms with Gasteiger partial charge in [0, 0.05) is 6.42 Å². The molecule has 0 N–H and O–H groups in total. The highest BCUT2D eigenvalue weighted by atomic mass is 127. The van der Waals surface area contributed by atoms with Crippen LogP contribution in [0.2, 0.25) is 0 Å². The van der Waals surface area contributed by atoms with Crippen molar-refractivity contribution < 1.29 is 14.3 Å². The van der Waals surface area contributed by atoms with E-state index in [4.69, 9.17) is 9.47 Å². The molecule has 0 amide bonds. The maximum absolute atomic E-state index is 11.7. The number of ether oxygens (including phenoxy) is 2. The SMILES string of the molecule is CCC(=O)[C@H]1OC(C)(C)O[C@H]1C=C(I)I. The molecule has 1 aliphatic rings. The van der Waals surface area contributed by atoms with Crippen LogP contribution in [0.25, 0.3) is 0 Å². The van der Waals surface area contributed by atoms with Crippen molar-refractivity contribution >= 4 is 51.0 Å². The zero-order chi connectivity index (χ0) is 11.6. The van der Waals surface area contributed by atoms with E-state index < -0.39 is 11.9 Å². The molecule has 0 aromatic heterocycles. The lowest BCUT2D eigenvalue weighted by atomic mass is 10.1. The summed E-state index contributed by atoms with van der Waals surface area (Å²) in [6.45, 7) is 5.50. The average molecular weight is 436 g/mol. The average Bonchev–Trinajstić information content (AvgIpc) is 2.38. The van der Waals surface area contributed by atoms with Gasteiger partial charge in [0.25, 0.3) is 0 Å². The molecule has 1 fully saturated rings. The first-order valence-corrected chi connectivity index (χ1v) is 6.92. The molecule has 1 aliphatic heterocycles.